The zero-order valence-corrected chi connectivity index (χ0v) is 10.3. The van der Waals surface area contributed by atoms with Crippen LogP contribution in [0.25, 0.3) is 21.7 Å². The smallest absolute Gasteiger partial charge is 0.271 e. The standard InChI is InChI=1S/C12H9N3O2S/c1-7-4-5-18-11(7)12-13-9-3-2-8(15(16)17)6-10(9)14-12/h2-6H,1H3,(H,13,14). The number of aryl methyl sites for hydroxylation is 1. The maximum Gasteiger partial charge on any atom is 0.271 e. The number of nitro benzene ring substituents is 1. The fourth-order valence-corrected chi connectivity index (χ4v) is 2.70. The first kappa shape index (κ1) is 10.9. The lowest BCUT2D eigenvalue weighted by Crippen LogP contribution is -1.86. The highest BCUT2D eigenvalue weighted by Crippen LogP contribution is 2.29. The largest absolute Gasteiger partial charge is 0.337 e. The van der Waals surface area contributed by atoms with E-state index in [0.717, 1.165) is 21.8 Å². The number of thiophene rings is 1. The van der Waals surface area contributed by atoms with E-state index in [1.807, 2.05) is 18.4 Å². The minimum Gasteiger partial charge on any atom is -0.337 e. The summed E-state index contributed by atoms with van der Waals surface area (Å²) in [5, 5.41) is 12.7. The monoisotopic (exact) mass is 259 g/mol. The van der Waals surface area contributed by atoms with Crippen molar-refractivity contribution in [3.05, 3.63) is 45.3 Å². The van der Waals surface area contributed by atoms with Gasteiger partial charge >= 0.3 is 0 Å². The Labute approximate surface area is 106 Å². The van der Waals surface area contributed by atoms with E-state index in [0.29, 0.717) is 5.52 Å². The maximum absolute atomic E-state index is 10.7. The highest BCUT2D eigenvalue weighted by Gasteiger charge is 2.12. The number of nitrogens with one attached hydrogen (secondary N) is 1. The number of aromatic amines is 1. The molecular formula is C12H9N3O2S. The molecule has 2 heterocycles. The predicted octanol–water partition coefficient (Wildman–Crippen LogP) is 3.51. The van der Waals surface area contributed by atoms with Crippen molar-refractivity contribution in [1.29, 1.82) is 0 Å². The molecule has 0 unspecified atom stereocenters. The third-order valence-electron chi connectivity index (χ3n) is 2.75. The molecule has 0 radical (unpaired) electrons. The molecule has 0 aliphatic carbocycles. The lowest BCUT2D eigenvalue weighted by molar-refractivity contribution is -0.384. The number of fused-ring (bicyclic) bond motifs is 1. The molecule has 0 atom stereocenters. The van der Waals surface area contributed by atoms with Crippen LogP contribution in [0.1, 0.15) is 5.56 Å². The van der Waals surface area contributed by atoms with Gasteiger partial charge in [-0.3, -0.25) is 10.1 Å². The Balaban J connectivity index is 2.17. The number of rotatable bonds is 2. The van der Waals surface area contributed by atoms with Crippen LogP contribution in [0.4, 0.5) is 5.69 Å². The molecule has 0 spiro atoms. The van der Waals surface area contributed by atoms with Gasteiger partial charge in [-0.05, 0) is 30.0 Å². The van der Waals surface area contributed by atoms with Crippen LogP contribution < -0.4 is 0 Å². The fourth-order valence-electron chi connectivity index (χ4n) is 1.83. The molecule has 90 valence electrons. The van der Waals surface area contributed by atoms with Crippen molar-refractivity contribution in [2.75, 3.05) is 0 Å². The second-order valence-electron chi connectivity index (χ2n) is 3.98. The van der Waals surface area contributed by atoms with Crippen LogP contribution >= 0.6 is 11.3 Å². The van der Waals surface area contributed by atoms with Gasteiger partial charge in [0, 0.05) is 12.1 Å². The highest BCUT2D eigenvalue weighted by molar-refractivity contribution is 7.13. The van der Waals surface area contributed by atoms with Gasteiger partial charge in [0.2, 0.25) is 0 Å². The number of nitrogens with zero attached hydrogens (tertiary/aromatic N) is 2. The molecule has 1 N–H and O–H groups in total. The maximum atomic E-state index is 10.7. The van der Waals surface area contributed by atoms with Gasteiger partial charge in [-0.15, -0.1) is 11.3 Å². The first-order valence-electron chi connectivity index (χ1n) is 5.34. The summed E-state index contributed by atoms with van der Waals surface area (Å²) in [6, 6.07) is 6.66. The molecule has 0 aliphatic rings. The zero-order valence-electron chi connectivity index (χ0n) is 9.51. The quantitative estimate of drug-likeness (QED) is 0.565. The van der Waals surface area contributed by atoms with Gasteiger partial charge in [0.25, 0.3) is 5.69 Å². The van der Waals surface area contributed by atoms with E-state index < -0.39 is 4.92 Å². The number of non-ortho nitro benzene ring substituents is 1. The average molecular weight is 259 g/mol. The summed E-state index contributed by atoms with van der Waals surface area (Å²) in [6.45, 7) is 2.02. The Morgan fingerprint density at radius 1 is 1.39 bits per heavy atom. The van der Waals surface area contributed by atoms with Crippen molar-refractivity contribution in [1.82, 2.24) is 9.97 Å². The summed E-state index contributed by atoms with van der Waals surface area (Å²) in [5.41, 5.74) is 2.64. The third kappa shape index (κ3) is 1.67. The van der Waals surface area contributed by atoms with Gasteiger partial charge in [-0.2, -0.15) is 0 Å². The van der Waals surface area contributed by atoms with Crippen LogP contribution in [0.2, 0.25) is 0 Å². The first-order chi connectivity index (χ1) is 8.65. The number of hydrogen-bond acceptors (Lipinski definition) is 4. The number of benzene rings is 1. The van der Waals surface area contributed by atoms with Crippen LogP contribution in [0.5, 0.6) is 0 Å². The van der Waals surface area contributed by atoms with Crippen LogP contribution in [0, 0.1) is 17.0 Å². The normalized spacial score (nSPS) is 10.9. The summed E-state index contributed by atoms with van der Waals surface area (Å²) >= 11 is 1.60. The van der Waals surface area contributed by atoms with Crippen molar-refractivity contribution in [3.63, 3.8) is 0 Å². The second-order valence-corrected chi connectivity index (χ2v) is 4.89. The Hall–Kier alpha value is -2.21. The third-order valence-corrected chi connectivity index (χ3v) is 3.78. The molecule has 18 heavy (non-hydrogen) atoms. The van der Waals surface area contributed by atoms with E-state index in [9.17, 15) is 10.1 Å². The summed E-state index contributed by atoms with van der Waals surface area (Å²) in [7, 11) is 0. The molecule has 5 nitrogen and oxygen atoms in total. The minimum absolute atomic E-state index is 0.0700. The lowest BCUT2D eigenvalue weighted by Gasteiger charge is -1.91. The van der Waals surface area contributed by atoms with E-state index in [1.54, 1.807) is 17.4 Å². The van der Waals surface area contributed by atoms with Crippen LogP contribution in [0.15, 0.2) is 29.6 Å². The average Bonchev–Trinajstić information content (AvgIpc) is 2.92. The van der Waals surface area contributed by atoms with Crippen molar-refractivity contribution >= 4 is 28.1 Å². The van der Waals surface area contributed by atoms with Crippen molar-refractivity contribution in [2.24, 2.45) is 0 Å². The van der Waals surface area contributed by atoms with Crippen LogP contribution in [-0.4, -0.2) is 14.9 Å². The van der Waals surface area contributed by atoms with E-state index in [-0.39, 0.29) is 5.69 Å². The molecule has 0 bridgehead atoms. The molecule has 2 aromatic heterocycles. The van der Waals surface area contributed by atoms with E-state index in [2.05, 4.69) is 9.97 Å². The molecule has 3 aromatic rings. The molecule has 0 amide bonds. The SMILES string of the molecule is Cc1ccsc1-c1nc2ccc([N+](=O)[O-])cc2[nH]1. The topological polar surface area (TPSA) is 71.8 Å². The molecule has 0 saturated heterocycles. The molecule has 0 saturated carbocycles. The lowest BCUT2D eigenvalue weighted by atomic mass is 10.3. The van der Waals surface area contributed by atoms with Gasteiger partial charge < -0.3 is 4.98 Å². The van der Waals surface area contributed by atoms with Gasteiger partial charge in [0.15, 0.2) is 0 Å². The number of nitro groups is 1. The van der Waals surface area contributed by atoms with Crippen molar-refractivity contribution in [3.8, 4) is 10.7 Å². The van der Waals surface area contributed by atoms with Gasteiger partial charge in [0.1, 0.15) is 5.82 Å². The molecule has 6 heteroatoms. The molecule has 0 aliphatic heterocycles. The second kappa shape index (κ2) is 3.92. The van der Waals surface area contributed by atoms with E-state index in [1.165, 1.54) is 12.1 Å². The Bertz CT molecular complexity index is 745. The summed E-state index contributed by atoms with van der Waals surface area (Å²) < 4.78 is 0. The Morgan fingerprint density at radius 3 is 2.89 bits per heavy atom. The summed E-state index contributed by atoms with van der Waals surface area (Å²) in [6.07, 6.45) is 0. The number of imidazole rings is 1. The van der Waals surface area contributed by atoms with Crippen molar-refractivity contribution in [2.45, 2.75) is 6.92 Å². The Morgan fingerprint density at radius 2 is 2.22 bits per heavy atom. The minimum atomic E-state index is -0.406. The van der Waals surface area contributed by atoms with E-state index in [4.69, 9.17) is 0 Å². The number of H-pyrrole nitrogens is 1. The van der Waals surface area contributed by atoms with Crippen LogP contribution in [-0.2, 0) is 0 Å². The molecule has 0 fully saturated rings. The molecule has 3 rings (SSSR count). The molecule has 1 aromatic carbocycles. The molecular weight excluding hydrogens is 250 g/mol. The summed E-state index contributed by atoms with van der Waals surface area (Å²) in [5.74, 6) is 0.762. The first-order valence-corrected chi connectivity index (χ1v) is 6.22. The zero-order chi connectivity index (χ0) is 12.7. The van der Waals surface area contributed by atoms with Crippen LogP contribution in [0.3, 0.4) is 0 Å². The van der Waals surface area contributed by atoms with Crippen molar-refractivity contribution < 1.29 is 4.92 Å². The van der Waals surface area contributed by atoms with Gasteiger partial charge in [-0.1, -0.05) is 0 Å². The predicted molar refractivity (Wildman–Crippen MR) is 70.8 cm³/mol. The highest BCUT2D eigenvalue weighted by atomic mass is 32.1. The van der Waals surface area contributed by atoms with Gasteiger partial charge in [-0.25, -0.2) is 4.98 Å². The van der Waals surface area contributed by atoms with E-state index >= 15 is 0 Å². The summed E-state index contributed by atoms with van der Waals surface area (Å²) in [4.78, 5) is 18.9. The van der Waals surface area contributed by atoms with Gasteiger partial charge in [0.05, 0.1) is 20.8 Å². The Kier molecular flexibility index (Phi) is 2.38. The number of aromatic nitrogens is 2. The number of hydrogen-bond donors (Lipinski definition) is 1. The fraction of sp³-hybridized carbons (Fsp3) is 0.0833.